The summed E-state index contributed by atoms with van der Waals surface area (Å²) in [7, 11) is 0. The van der Waals surface area contributed by atoms with Gasteiger partial charge in [0.15, 0.2) is 6.10 Å². The predicted molar refractivity (Wildman–Crippen MR) is 53.7 cm³/mol. The summed E-state index contributed by atoms with van der Waals surface area (Å²) in [6.07, 6.45) is -0.878. The molecule has 6 heteroatoms. The standard InChI is InChI=1S/C11H14O6/c1-5(12)15-8-3-7-4-9(14)17-10(7)11(8)16-6(2)13/h7-8,10-11H,3-4H2,1-2H3/t7-,8-,10+,11+/m1/s1. The van der Waals surface area contributed by atoms with E-state index in [-0.39, 0.29) is 11.9 Å². The van der Waals surface area contributed by atoms with Crippen molar-refractivity contribution in [2.45, 2.75) is 45.0 Å². The molecule has 4 atom stereocenters. The quantitative estimate of drug-likeness (QED) is 0.508. The molecule has 0 unspecified atom stereocenters. The predicted octanol–water partition coefficient (Wildman–Crippen LogP) is 0.185. The summed E-state index contributed by atoms with van der Waals surface area (Å²) in [5, 5.41) is 0. The molecule has 0 N–H and O–H groups in total. The first kappa shape index (κ1) is 11.9. The first-order valence-electron chi connectivity index (χ1n) is 5.51. The fourth-order valence-electron chi connectivity index (χ4n) is 2.49. The minimum Gasteiger partial charge on any atom is -0.458 e. The van der Waals surface area contributed by atoms with E-state index in [1.807, 2.05) is 0 Å². The van der Waals surface area contributed by atoms with Crippen LogP contribution in [0, 0.1) is 5.92 Å². The highest BCUT2D eigenvalue weighted by molar-refractivity contribution is 5.73. The van der Waals surface area contributed by atoms with Gasteiger partial charge in [0.25, 0.3) is 0 Å². The van der Waals surface area contributed by atoms with Crippen molar-refractivity contribution in [1.82, 2.24) is 0 Å². The second-order valence-electron chi connectivity index (χ2n) is 4.38. The number of hydrogen-bond acceptors (Lipinski definition) is 6. The van der Waals surface area contributed by atoms with Gasteiger partial charge in [-0.1, -0.05) is 0 Å². The zero-order valence-electron chi connectivity index (χ0n) is 9.67. The summed E-state index contributed by atoms with van der Waals surface area (Å²) in [5.41, 5.74) is 0. The Labute approximate surface area is 98.2 Å². The third-order valence-electron chi connectivity index (χ3n) is 3.01. The Morgan fingerprint density at radius 1 is 1.24 bits per heavy atom. The van der Waals surface area contributed by atoms with E-state index < -0.39 is 30.3 Å². The van der Waals surface area contributed by atoms with Crippen LogP contribution in [0.2, 0.25) is 0 Å². The van der Waals surface area contributed by atoms with Gasteiger partial charge in [0.1, 0.15) is 12.2 Å². The molecule has 1 saturated carbocycles. The average molecular weight is 242 g/mol. The Kier molecular flexibility index (Phi) is 3.04. The second-order valence-corrected chi connectivity index (χ2v) is 4.38. The molecule has 2 aliphatic rings. The molecule has 2 rings (SSSR count). The van der Waals surface area contributed by atoms with Crippen LogP contribution in [0.1, 0.15) is 26.7 Å². The van der Waals surface area contributed by atoms with Crippen molar-refractivity contribution in [3.8, 4) is 0 Å². The largest absolute Gasteiger partial charge is 0.458 e. The Morgan fingerprint density at radius 3 is 2.47 bits per heavy atom. The van der Waals surface area contributed by atoms with Gasteiger partial charge in [-0.2, -0.15) is 0 Å². The minimum atomic E-state index is -0.673. The van der Waals surface area contributed by atoms with Crippen molar-refractivity contribution in [2.24, 2.45) is 5.92 Å². The molecule has 0 spiro atoms. The summed E-state index contributed by atoms with van der Waals surface area (Å²) in [4.78, 5) is 33.1. The lowest BCUT2D eigenvalue weighted by atomic mass is 10.0. The lowest BCUT2D eigenvalue weighted by Gasteiger charge is -2.22. The third kappa shape index (κ3) is 2.40. The summed E-state index contributed by atoms with van der Waals surface area (Å²) < 4.78 is 15.3. The van der Waals surface area contributed by atoms with E-state index in [0.717, 1.165) is 0 Å². The van der Waals surface area contributed by atoms with Crippen LogP contribution in [0.15, 0.2) is 0 Å². The summed E-state index contributed by atoms with van der Waals surface area (Å²) in [6.45, 7) is 2.57. The molecule has 0 aromatic carbocycles. The average Bonchev–Trinajstić information content (AvgIpc) is 2.64. The molecule has 1 aliphatic carbocycles. The highest BCUT2D eigenvalue weighted by Gasteiger charge is 2.53. The summed E-state index contributed by atoms with van der Waals surface area (Å²) >= 11 is 0. The van der Waals surface area contributed by atoms with Crippen LogP contribution in [0.25, 0.3) is 0 Å². The van der Waals surface area contributed by atoms with Gasteiger partial charge in [-0.25, -0.2) is 0 Å². The maximum Gasteiger partial charge on any atom is 0.306 e. The van der Waals surface area contributed by atoms with Crippen LogP contribution in [-0.4, -0.2) is 36.2 Å². The molecule has 0 aromatic rings. The molecule has 2 fully saturated rings. The van der Waals surface area contributed by atoms with Crippen LogP contribution < -0.4 is 0 Å². The highest BCUT2D eigenvalue weighted by atomic mass is 16.6. The molecule has 1 saturated heterocycles. The number of carbonyl (C=O) groups is 3. The summed E-state index contributed by atoms with van der Waals surface area (Å²) in [6, 6.07) is 0. The van der Waals surface area contributed by atoms with Crippen molar-refractivity contribution >= 4 is 17.9 Å². The van der Waals surface area contributed by atoms with Gasteiger partial charge in [0.05, 0.1) is 6.42 Å². The van der Waals surface area contributed by atoms with Gasteiger partial charge >= 0.3 is 17.9 Å². The van der Waals surface area contributed by atoms with E-state index in [0.29, 0.717) is 12.8 Å². The van der Waals surface area contributed by atoms with Crippen LogP contribution in [0.4, 0.5) is 0 Å². The topological polar surface area (TPSA) is 78.9 Å². The third-order valence-corrected chi connectivity index (χ3v) is 3.01. The zero-order valence-corrected chi connectivity index (χ0v) is 9.67. The van der Waals surface area contributed by atoms with Crippen molar-refractivity contribution in [2.75, 3.05) is 0 Å². The van der Waals surface area contributed by atoms with E-state index in [9.17, 15) is 14.4 Å². The molecule has 17 heavy (non-hydrogen) atoms. The van der Waals surface area contributed by atoms with E-state index >= 15 is 0 Å². The van der Waals surface area contributed by atoms with Crippen LogP contribution in [0.3, 0.4) is 0 Å². The number of fused-ring (bicyclic) bond motifs is 1. The smallest absolute Gasteiger partial charge is 0.306 e. The van der Waals surface area contributed by atoms with Crippen molar-refractivity contribution in [1.29, 1.82) is 0 Å². The Hall–Kier alpha value is -1.59. The Bertz CT molecular complexity index is 363. The van der Waals surface area contributed by atoms with Crippen LogP contribution in [0.5, 0.6) is 0 Å². The first-order chi connectivity index (χ1) is 7.97. The molecular weight excluding hydrogens is 228 g/mol. The van der Waals surface area contributed by atoms with E-state index in [2.05, 4.69) is 0 Å². The molecule has 0 radical (unpaired) electrons. The summed E-state index contributed by atoms with van der Waals surface area (Å²) in [5.74, 6) is -1.23. The molecule has 0 aromatic heterocycles. The normalized spacial score (nSPS) is 35.1. The first-order valence-corrected chi connectivity index (χ1v) is 5.51. The molecular formula is C11H14O6. The lowest BCUT2D eigenvalue weighted by molar-refractivity contribution is -0.172. The van der Waals surface area contributed by atoms with Crippen molar-refractivity contribution in [3.05, 3.63) is 0 Å². The van der Waals surface area contributed by atoms with E-state index in [1.165, 1.54) is 13.8 Å². The molecule has 0 amide bonds. The highest BCUT2D eigenvalue weighted by Crippen LogP contribution is 2.40. The fraction of sp³-hybridized carbons (Fsp3) is 0.727. The molecule has 1 aliphatic heterocycles. The van der Waals surface area contributed by atoms with Gasteiger partial charge < -0.3 is 14.2 Å². The number of rotatable bonds is 2. The lowest BCUT2D eigenvalue weighted by Crippen LogP contribution is -2.37. The maximum absolute atomic E-state index is 11.1. The molecule has 94 valence electrons. The number of carbonyl (C=O) groups excluding carboxylic acids is 3. The van der Waals surface area contributed by atoms with Crippen molar-refractivity contribution in [3.63, 3.8) is 0 Å². The van der Waals surface area contributed by atoms with Gasteiger partial charge in [-0.15, -0.1) is 0 Å². The SMILES string of the molecule is CC(=O)O[C@@H]1[C@H]2OC(=O)C[C@H]2C[C@H]1OC(C)=O. The number of esters is 3. The van der Waals surface area contributed by atoms with E-state index in [4.69, 9.17) is 14.2 Å². The molecule has 0 bridgehead atoms. The van der Waals surface area contributed by atoms with Gasteiger partial charge in [-0.05, 0) is 6.42 Å². The monoisotopic (exact) mass is 242 g/mol. The Morgan fingerprint density at radius 2 is 1.88 bits per heavy atom. The second kappa shape index (κ2) is 4.35. The minimum absolute atomic E-state index is 0.0313. The van der Waals surface area contributed by atoms with Gasteiger partial charge in [-0.3, -0.25) is 14.4 Å². The molecule has 1 heterocycles. The van der Waals surface area contributed by atoms with Crippen molar-refractivity contribution < 1.29 is 28.6 Å². The maximum atomic E-state index is 11.1. The van der Waals surface area contributed by atoms with Crippen LogP contribution in [-0.2, 0) is 28.6 Å². The zero-order chi connectivity index (χ0) is 12.6. The Balaban J connectivity index is 2.10. The van der Waals surface area contributed by atoms with Gasteiger partial charge in [0.2, 0.25) is 0 Å². The fourth-order valence-corrected chi connectivity index (χ4v) is 2.49. The number of hydrogen-bond donors (Lipinski definition) is 0. The molecule has 6 nitrogen and oxygen atoms in total. The number of ether oxygens (including phenoxy) is 3. The van der Waals surface area contributed by atoms with Gasteiger partial charge in [0, 0.05) is 19.8 Å². The van der Waals surface area contributed by atoms with E-state index in [1.54, 1.807) is 0 Å². The van der Waals surface area contributed by atoms with Crippen LogP contribution >= 0.6 is 0 Å².